The van der Waals surface area contributed by atoms with Gasteiger partial charge in [-0.2, -0.15) is 0 Å². The van der Waals surface area contributed by atoms with Crippen molar-refractivity contribution in [1.82, 2.24) is 15.0 Å². The topological polar surface area (TPSA) is 63.4 Å². The molecule has 6 heteroatoms. The van der Waals surface area contributed by atoms with Gasteiger partial charge in [0.2, 0.25) is 0 Å². The van der Waals surface area contributed by atoms with Crippen molar-refractivity contribution in [2.75, 3.05) is 11.5 Å². The maximum atomic E-state index is 5.18. The Morgan fingerprint density at radius 1 is 0.778 bits per heavy atom. The average Bonchev–Trinajstić information content (AvgIpc) is 3.34. The minimum atomic E-state index is -0.174. The van der Waals surface area contributed by atoms with E-state index in [0.717, 1.165) is 43.8 Å². The van der Waals surface area contributed by atoms with Crippen LogP contribution in [-0.4, -0.2) is 41.9 Å². The molecule has 0 atom stereocenters. The lowest BCUT2D eigenvalue weighted by Crippen LogP contribution is -2.20. The van der Waals surface area contributed by atoms with Crippen LogP contribution in [0.3, 0.4) is 0 Å². The molecule has 1 aliphatic carbocycles. The number of hydrogen-bond acceptors (Lipinski definition) is 5. The maximum absolute atomic E-state index is 5.18. The summed E-state index contributed by atoms with van der Waals surface area (Å²) in [7, 11) is 1.85. The normalized spacial score (nSPS) is 17.2. The number of hydrogen-bond donors (Lipinski definition) is 0. The number of benzene rings is 1. The van der Waals surface area contributed by atoms with Crippen LogP contribution in [0.25, 0.3) is 22.4 Å². The highest BCUT2D eigenvalue weighted by Gasteiger charge is 2.22. The molecule has 5 nitrogen and oxygen atoms in total. The molecule has 0 amide bonds. The van der Waals surface area contributed by atoms with Gasteiger partial charge in [0.1, 0.15) is 0 Å². The summed E-state index contributed by atoms with van der Waals surface area (Å²) >= 11 is -0.174. The number of rotatable bonds is 6. The fraction of sp³-hybridized carbons (Fsp3) is 0.179. The first-order valence-corrected chi connectivity index (χ1v) is 17.8. The van der Waals surface area contributed by atoms with E-state index in [1.807, 2.05) is 50.0 Å². The SMILES string of the molecule is CN=C1C=C(C2=CC=C(c3cccnc3)CI=C2)C=C(c2ccc(-c3cccnc3)nc2)C1=NCc1ccc(C(C)(C)C)cc1. The van der Waals surface area contributed by atoms with E-state index in [0.29, 0.717) is 6.54 Å². The molecule has 4 heterocycles. The van der Waals surface area contributed by atoms with Crippen LogP contribution in [0, 0.1) is 0 Å². The third kappa shape index (κ3) is 7.28. The summed E-state index contributed by atoms with van der Waals surface area (Å²) in [4.78, 5) is 23.3. The van der Waals surface area contributed by atoms with Gasteiger partial charge in [0, 0.05) is 59.2 Å². The van der Waals surface area contributed by atoms with Crippen LogP contribution in [-0.2, 0) is 12.0 Å². The lowest BCUT2D eigenvalue weighted by molar-refractivity contribution is 0.590. The van der Waals surface area contributed by atoms with Gasteiger partial charge >= 0.3 is 0 Å². The lowest BCUT2D eigenvalue weighted by Gasteiger charge is -2.20. The standard InChI is InChI=1S/C39H36IN5/c1-39(2,3)34-14-9-27(10-15-34)23-45-38-35(31-13-16-36(44-26-31)32-8-6-18-43-25-32)19-33(20-37(38)41-4)29-12-11-28(21-40-22-29)30-7-5-17-42-24-30/h5-20,22,24-26H,21,23H2,1-4H3. The number of alkyl halides is 1. The van der Waals surface area contributed by atoms with E-state index in [4.69, 9.17) is 15.0 Å². The summed E-state index contributed by atoms with van der Waals surface area (Å²) in [6, 6.07) is 21.1. The van der Waals surface area contributed by atoms with E-state index >= 15 is 0 Å². The molecule has 0 bridgehead atoms. The third-order valence-electron chi connectivity index (χ3n) is 7.85. The monoisotopic (exact) mass is 701 g/mol. The van der Waals surface area contributed by atoms with Gasteiger partial charge in [-0.1, -0.05) is 69.3 Å². The maximum Gasteiger partial charge on any atom is 0.0909 e. The summed E-state index contributed by atoms with van der Waals surface area (Å²) in [5, 5.41) is 0. The molecule has 0 saturated carbocycles. The molecule has 224 valence electrons. The zero-order valence-corrected chi connectivity index (χ0v) is 28.2. The second kappa shape index (κ2) is 13.7. The van der Waals surface area contributed by atoms with Crippen LogP contribution >= 0.6 is 20.7 Å². The van der Waals surface area contributed by atoms with Crippen LogP contribution in [0.15, 0.2) is 137 Å². The summed E-state index contributed by atoms with van der Waals surface area (Å²) < 4.78 is 3.50. The van der Waals surface area contributed by atoms with Crippen LogP contribution in [0.4, 0.5) is 0 Å². The van der Waals surface area contributed by atoms with Crippen molar-refractivity contribution in [3.8, 4) is 11.3 Å². The van der Waals surface area contributed by atoms with Gasteiger partial charge in [-0.05, 0) is 79.3 Å². The highest BCUT2D eigenvalue weighted by Crippen LogP contribution is 2.31. The van der Waals surface area contributed by atoms with E-state index in [1.54, 1.807) is 6.20 Å². The van der Waals surface area contributed by atoms with Gasteiger partial charge in [-0.3, -0.25) is 24.9 Å². The summed E-state index contributed by atoms with van der Waals surface area (Å²) in [6.07, 6.45) is 18.3. The van der Waals surface area contributed by atoms with Gasteiger partial charge in [0.15, 0.2) is 0 Å². The first kappa shape index (κ1) is 30.6. The molecule has 45 heavy (non-hydrogen) atoms. The van der Waals surface area contributed by atoms with Crippen LogP contribution in [0.1, 0.15) is 43.0 Å². The predicted molar refractivity (Wildman–Crippen MR) is 198 cm³/mol. The van der Waals surface area contributed by atoms with Crippen molar-refractivity contribution in [1.29, 1.82) is 0 Å². The molecule has 0 saturated heterocycles. The predicted octanol–water partition coefficient (Wildman–Crippen LogP) is 8.67. The van der Waals surface area contributed by atoms with Crippen LogP contribution in [0.5, 0.6) is 0 Å². The van der Waals surface area contributed by atoms with Crippen molar-refractivity contribution in [2.24, 2.45) is 9.98 Å². The summed E-state index contributed by atoms with van der Waals surface area (Å²) in [5.74, 6) is 0. The molecule has 0 unspecified atom stereocenters. The Bertz CT molecular complexity index is 1890. The first-order chi connectivity index (χ1) is 21.9. The Morgan fingerprint density at radius 3 is 2.18 bits per heavy atom. The first-order valence-electron chi connectivity index (χ1n) is 15.0. The minimum Gasteiger partial charge on any atom is -0.286 e. The highest BCUT2D eigenvalue weighted by atomic mass is 127. The second-order valence-corrected chi connectivity index (χ2v) is 14.3. The molecule has 2 aliphatic rings. The number of nitrogens with zero attached hydrogens (tertiary/aromatic N) is 5. The largest absolute Gasteiger partial charge is 0.286 e. The molecule has 3 aromatic heterocycles. The van der Waals surface area contributed by atoms with Crippen molar-refractivity contribution in [2.45, 2.75) is 32.7 Å². The number of allylic oxidation sites excluding steroid dienone is 8. The van der Waals surface area contributed by atoms with Crippen LogP contribution < -0.4 is 0 Å². The summed E-state index contributed by atoms with van der Waals surface area (Å²) in [6.45, 7) is 7.28. The smallest absolute Gasteiger partial charge is 0.0909 e. The quantitative estimate of drug-likeness (QED) is 0.115. The molecule has 1 aliphatic heterocycles. The fourth-order valence-corrected chi connectivity index (χ4v) is 7.65. The fourth-order valence-electron chi connectivity index (χ4n) is 5.22. The molecule has 0 N–H and O–H groups in total. The molecule has 0 fully saturated rings. The zero-order chi connectivity index (χ0) is 31.2. The van der Waals surface area contributed by atoms with Crippen molar-refractivity contribution in [3.63, 3.8) is 0 Å². The van der Waals surface area contributed by atoms with Gasteiger partial charge in [0.05, 0.1) is 23.7 Å². The Kier molecular flexibility index (Phi) is 9.31. The third-order valence-corrected chi connectivity index (χ3v) is 10.2. The molecule has 6 rings (SSSR count). The van der Waals surface area contributed by atoms with E-state index in [-0.39, 0.29) is 26.1 Å². The Labute approximate surface area is 275 Å². The van der Waals surface area contributed by atoms with E-state index in [2.05, 4.69) is 102 Å². The van der Waals surface area contributed by atoms with Gasteiger partial charge in [-0.15, -0.1) is 20.7 Å². The molecule has 1 aromatic carbocycles. The lowest BCUT2D eigenvalue weighted by atomic mass is 9.86. The minimum absolute atomic E-state index is 0.113. The highest BCUT2D eigenvalue weighted by molar-refractivity contribution is 14.2. The number of halogens is 1. The number of pyridine rings is 3. The number of aromatic nitrogens is 3. The van der Waals surface area contributed by atoms with Gasteiger partial charge in [0.25, 0.3) is 0 Å². The summed E-state index contributed by atoms with van der Waals surface area (Å²) in [5.41, 5.74) is 13.1. The average molecular weight is 702 g/mol. The molecular formula is C39H36IN5. The van der Waals surface area contributed by atoms with Gasteiger partial charge < -0.3 is 0 Å². The molecule has 4 aromatic rings. The van der Waals surface area contributed by atoms with E-state index < -0.39 is 0 Å². The van der Waals surface area contributed by atoms with Crippen molar-refractivity contribution in [3.05, 3.63) is 149 Å². The Balaban J connectivity index is 1.39. The zero-order valence-electron chi connectivity index (χ0n) is 26.1. The molecule has 0 spiro atoms. The van der Waals surface area contributed by atoms with Crippen molar-refractivity contribution >= 4 is 47.3 Å². The van der Waals surface area contributed by atoms with Crippen LogP contribution in [0.2, 0.25) is 0 Å². The van der Waals surface area contributed by atoms with Gasteiger partial charge in [-0.25, -0.2) is 0 Å². The second-order valence-electron chi connectivity index (χ2n) is 12.0. The molecular weight excluding hydrogens is 665 g/mol. The Morgan fingerprint density at radius 2 is 1.53 bits per heavy atom. The number of aliphatic imine (C=N–C) groups is 2. The van der Waals surface area contributed by atoms with Crippen molar-refractivity contribution < 1.29 is 0 Å². The Hall–Kier alpha value is -4.43. The molecule has 0 radical (unpaired) electrons. The van der Waals surface area contributed by atoms with E-state index in [1.165, 1.54) is 27.8 Å². The van der Waals surface area contributed by atoms with E-state index in [9.17, 15) is 0 Å².